The van der Waals surface area contributed by atoms with Crippen LogP contribution in [0.15, 0.2) is 72.9 Å². The first-order valence-corrected chi connectivity index (χ1v) is 15.9. The smallest absolute Gasteiger partial charge is 0.261 e. The Morgan fingerprint density at radius 2 is 1.77 bits per heavy atom. The van der Waals surface area contributed by atoms with E-state index < -0.39 is 0 Å². The number of aliphatic hydroxyl groups excluding tert-OH is 1. The van der Waals surface area contributed by atoms with Crippen molar-refractivity contribution in [2.75, 3.05) is 34.8 Å². The predicted octanol–water partition coefficient (Wildman–Crippen LogP) is 5.12. The maximum Gasteiger partial charge on any atom is 0.261 e. The van der Waals surface area contributed by atoms with E-state index in [0.29, 0.717) is 46.5 Å². The van der Waals surface area contributed by atoms with E-state index in [9.17, 15) is 19.5 Å². The molecule has 1 saturated carbocycles. The van der Waals surface area contributed by atoms with Gasteiger partial charge >= 0.3 is 0 Å². The Hall–Kier alpha value is -4.54. The van der Waals surface area contributed by atoms with E-state index in [2.05, 4.69) is 15.6 Å². The number of nitrogens with one attached hydrogen (secondary N) is 2. The Labute approximate surface area is 259 Å². The highest BCUT2D eigenvalue weighted by atomic mass is 32.1. The van der Waals surface area contributed by atoms with Gasteiger partial charge in [-0.2, -0.15) is 0 Å². The van der Waals surface area contributed by atoms with Gasteiger partial charge in [-0.1, -0.05) is 18.2 Å². The molecule has 1 atom stereocenters. The molecule has 7 rings (SSSR count). The zero-order valence-electron chi connectivity index (χ0n) is 24.2. The molecule has 44 heavy (non-hydrogen) atoms. The van der Waals surface area contributed by atoms with Gasteiger partial charge in [0.2, 0.25) is 0 Å². The van der Waals surface area contributed by atoms with Crippen molar-refractivity contribution in [1.29, 1.82) is 0 Å². The van der Waals surface area contributed by atoms with E-state index in [1.165, 1.54) is 11.3 Å². The molecule has 224 valence electrons. The number of pyridine rings is 1. The van der Waals surface area contributed by atoms with Crippen LogP contribution < -0.4 is 20.4 Å². The van der Waals surface area contributed by atoms with E-state index in [0.717, 1.165) is 53.9 Å². The molecule has 4 heterocycles. The molecule has 3 aliphatic rings. The van der Waals surface area contributed by atoms with Crippen LogP contribution in [0, 0.1) is 0 Å². The second-order valence-corrected chi connectivity index (χ2v) is 12.6. The third-order valence-corrected chi connectivity index (χ3v) is 9.73. The monoisotopic (exact) mass is 607 g/mol. The molecule has 0 bridgehead atoms. The Morgan fingerprint density at radius 1 is 0.955 bits per heavy atom. The lowest BCUT2D eigenvalue weighted by Gasteiger charge is -2.26. The van der Waals surface area contributed by atoms with E-state index >= 15 is 0 Å². The molecule has 1 saturated heterocycles. The summed E-state index contributed by atoms with van der Waals surface area (Å²) in [7, 11) is 0. The first kappa shape index (κ1) is 28.2. The Kier molecular flexibility index (Phi) is 7.61. The molecule has 2 aliphatic heterocycles. The van der Waals surface area contributed by atoms with Crippen LogP contribution in [-0.4, -0.2) is 59.6 Å². The molecule has 2 aromatic heterocycles. The van der Waals surface area contributed by atoms with Crippen LogP contribution in [0.3, 0.4) is 0 Å². The highest BCUT2D eigenvalue weighted by Gasteiger charge is 2.30. The Bertz CT molecular complexity index is 1730. The number of fused-ring (bicyclic) bond motifs is 3. The van der Waals surface area contributed by atoms with Crippen LogP contribution >= 0.6 is 11.3 Å². The number of nitrogens with zero attached hydrogens (tertiary/aromatic N) is 3. The van der Waals surface area contributed by atoms with Gasteiger partial charge in [0.05, 0.1) is 28.8 Å². The van der Waals surface area contributed by atoms with Gasteiger partial charge in [-0.3, -0.25) is 14.4 Å². The lowest BCUT2D eigenvalue weighted by atomic mass is 10.1. The van der Waals surface area contributed by atoms with Crippen molar-refractivity contribution in [1.82, 2.24) is 10.3 Å². The summed E-state index contributed by atoms with van der Waals surface area (Å²) in [4.78, 5) is 49.9. The molecule has 2 fully saturated rings. The average Bonchev–Trinajstić information content (AvgIpc) is 3.60. The van der Waals surface area contributed by atoms with E-state index in [1.807, 2.05) is 35.2 Å². The molecule has 3 N–H and O–H groups in total. The van der Waals surface area contributed by atoms with E-state index in [1.54, 1.807) is 47.5 Å². The number of para-hydroxylation sites is 1. The van der Waals surface area contributed by atoms with Gasteiger partial charge in [-0.05, 0) is 86.2 Å². The molecule has 1 unspecified atom stereocenters. The molecule has 3 amide bonds. The van der Waals surface area contributed by atoms with Gasteiger partial charge in [-0.15, -0.1) is 11.3 Å². The van der Waals surface area contributed by atoms with Gasteiger partial charge < -0.3 is 25.5 Å². The number of hydrogen-bond acceptors (Lipinski definition) is 7. The van der Waals surface area contributed by atoms with Crippen LogP contribution in [0.4, 0.5) is 17.2 Å². The van der Waals surface area contributed by atoms with Crippen molar-refractivity contribution in [3.8, 4) is 10.4 Å². The van der Waals surface area contributed by atoms with Gasteiger partial charge in [0.15, 0.2) is 0 Å². The van der Waals surface area contributed by atoms with Crippen LogP contribution in [-0.2, 0) is 6.42 Å². The number of rotatable bonds is 7. The summed E-state index contributed by atoms with van der Waals surface area (Å²) in [5.41, 5.74) is 4.35. The highest BCUT2D eigenvalue weighted by Crippen LogP contribution is 2.42. The third-order valence-electron chi connectivity index (χ3n) is 8.52. The minimum absolute atomic E-state index is 0.0153. The van der Waals surface area contributed by atoms with Crippen molar-refractivity contribution >= 4 is 46.3 Å². The minimum Gasteiger partial charge on any atom is -0.394 e. The van der Waals surface area contributed by atoms with Gasteiger partial charge in [0.1, 0.15) is 5.82 Å². The van der Waals surface area contributed by atoms with E-state index in [-0.39, 0.29) is 30.4 Å². The highest BCUT2D eigenvalue weighted by molar-refractivity contribution is 7.17. The lowest BCUT2D eigenvalue weighted by molar-refractivity contribution is 0.0952. The normalized spacial score (nSPS) is 17.4. The van der Waals surface area contributed by atoms with Crippen LogP contribution in [0.2, 0.25) is 0 Å². The maximum absolute atomic E-state index is 13.8. The zero-order chi connectivity index (χ0) is 30.2. The SMILES string of the molecule is O=C(NC1CC1)c1cc2c(s1)-c1ccccc1N(C(=O)c1ccc(NC(=O)c3cccnc3N3CCCC3CO)cc1)CC2. The lowest BCUT2D eigenvalue weighted by Crippen LogP contribution is -2.34. The number of benzene rings is 2. The summed E-state index contributed by atoms with van der Waals surface area (Å²) >= 11 is 1.48. The number of carbonyl (C=O) groups excluding carboxylic acids is 3. The minimum atomic E-state index is -0.298. The fourth-order valence-corrected chi connectivity index (χ4v) is 7.21. The summed E-state index contributed by atoms with van der Waals surface area (Å²) in [5.74, 6) is 0.120. The summed E-state index contributed by atoms with van der Waals surface area (Å²) in [6.07, 6.45) is 6.17. The Morgan fingerprint density at radius 3 is 2.57 bits per heavy atom. The molecular formula is C34H33N5O4S. The van der Waals surface area contributed by atoms with Crippen LogP contribution in [0.25, 0.3) is 10.4 Å². The van der Waals surface area contributed by atoms with Crippen LogP contribution in [0.1, 0.15) is 61.6 Å². The predicted molar refractivity (Wildman–Crippen MR) is 172 cm³/mol. The summed E-state index contributed by atoms with van der Waals surface area (Å²) in [6, 6.07) is 20.5. The van der Waals surface area contributed by atoms with Crippen molar-refractivity contribution < 1.29 is 19.5 Å². The largest absolute Gasteiger partial charge is 0.394 e. The first-order valence-electron chi connectivity index (χ1n) is 15.1. The fourth-order valence-electron chi connectivity index (χ4n) is 6.06. The summed E-state index contributed by atoms with van der Waals surface area (Å²) < 4.78 is 0. The number of anilines is 3. The molecule has 10 heteroatoms. The third kappa shape index (κ3) is 5.46. The molecular weight excluding hydrogens is 574 g/mol. The topological polar surface area (TPSA) is 115 Å². The summed E-state index contributed by atoms with van der Waals surface area (Å²) in [6.45, 7) is 1.24. The zero-order valence-corrected chi connectivity index (χ0v) is 25.0. The van der Waals surface area contributed by atoms with Crippen molar-refractivity contribution in [3.63, 3.8) is 0 Å². The number of hydrogen-bond donors (Lipinski definition) is 3. The van der Waals surface area contributed by atoms with Crippen molar-refractivity contribution in [2.45, 2.75) is 44.2 Å². The van der Waals surface area contributed by atoms with E-state index in [4.69, 9.17) is 0 Å². The fraction of sp³-hybridized carbons (Fsp3) is 0.294. The van der Waals surface area contributed by atoms with Crippen LogP contribution in [0.5, 0.6) is 0 Å². The summed E-state index contributed by atoms with van der Waals surface area (Å²) in [5, 5.41) is 15.8. The standard InChI is InChI=1S/C34H33N5O4S/c40-20-25-5-4-17-38(25)31-27(7-3-16-35-31)32(41)36-23-11-9-21(10-12-23)34(43)39-18-15-22-19-29(33(42)37-24-13-14-24)44-30(22)26-6-1-2-8-28(26)39/h1-3,6-12,16,19,24-25,40H,4-5,13-15,17-18,20H2,(H,36,41)(H,37,42). The molecule has 2 aromatic carbocycles. The molecule has 9 nitrogen and oxygen atoms in total. The first-order chi connectivity index (χ1) is 21.5. The average molecular weight is 608 g/mol. The maximum atomic E-state index is 13.8. The molecule has 0 spiro atoms. The number of amides is 3. The molecule has 1 aliphatic carbocycles. The number of carbonyl (C=O) groups is 3. The Balaban J connectivity index is 1.08. The second-order valence-electron chi connectivity index (χ2n) is 11.5. The number of aromatic nitrogens is 1. The van der Waals surface area contributed by atoms with Gasteiger partial charge in [0.25, 0.3) is 17.7 Å². The molecule has 4 aromatic rings. The number of aliphatic hydroxyl groups is 1. The van der Waals surface area contributed by atoms with Gasteiger partial charge in [-0.25, -0.2) is 4.98 Å². The quantitative estimate of drug-likeness (QED) is 0.269. The van der Waals surface area contributed by atoms with Gasteiger partial charge in [0, 0.05) is 47.0 Å². The van der Waals surface area contributed by atoms with Crippen molar-refractivity contribution in [2.24, 2.45) is 0 Å². The van der Waals surface area contributed by atoms with Crippen molar-refractivity contribution in [3.05, 3.63) is 94.5 Å². The number of thiophene rings is 1. The second kappa shape index (κ2) is 11.9. The molecule has 0 radical (unpaired) electrons.